The lowest BCUT2D eigenvalue weighted by Crippen LogP contribution is -2.34. The first kappa shape index (κ1) is 18.5. The molecule has 0 saturated heterocycles. The Bertz CT molecular complexity index is 720. The van der Waals surface area contributed by atoms with Crippen molar-refractivity contribution in [3.63, 3.8) is 0 Å². The Kier molecular flexibility index (Phi) is 6.16. The van der Waals surface area contributed by atoms with Crippen LogP contribution in [-0.4, -0.2) is 35.1 Å². The summed E-state index contributed by atoms with van der Waals surface area (Å²) in [5.74, 6) is 0.300. The van der Waals surface area contributed by atoms with Crippen LogP contribution in [0.15, 0.2) is 34.9 Å². The third-order valence-electron chi connectivity index (χ3n) is 3.92. The van der Waals surface area contributed by atoms with Crippen LogP contribution in [-0.2, 0) is 0 Å². The molecular formula is C18H24N4O3. The highest BCUT2D eigenvalue weighted by atomic mass is 16.5. The van der Waals surface area contributed by atoms with Gasteiger partial charge >= 0.3 is 6.03 Å². The molecule has 1 unspecified atom stereocenters. The molecule has 0 aliphatic rings. The number of nitrogens with one attached hydrogen (secondary N) is 2. The lowest BCUT2D eigenvalue weighted by molar-refractivity contribution is 0.0930. The van der Waals surface area contributed by atoms with E-state index in [0.717, 1.165) is 5.56 Å². The van der Waals surface area contributed by atoms with Gasteiger partial charge in [0.2, 0.25) is 0 Å². The Morgan fingerprint density at radius 2 is 1.84 bits per heavy atom. The van der Waals surface area contributed by atoms with Gasteiger partial charge in [0, 0.05) is 24.8 Å². The average molecular weight is 344 g/mol. The third-order valence-corrected chi connectivity index (χ3v) is 3.92. The Labute approximate surface area is 147 Å². The molecule has 7 nitrogen and oxygen atoms in total. The smallest absolute Gasteiger partial charge is 0.321 e. The van der Waals surface area contributed by atoms with Gasteiger partial charge in [-0.3, -0.25) is 4.79 Å². The molecule has 2 N–H and O–H groups in total. The van der Waals surface area contributed by atoms with Crippen molar-refractivity contribution < 1.29 is 14.1 Å². The van der Waals surface area contributed by atoms with Crippen LogP contribution in [0, 0.1) is 6.92 Å². The zero-order valence-corrected chi connectivity index (χ0v) is 15.0. The summed E-state index contributed by atoms with van der Waals surface area (Å²) in [6.45, 7) is 8.81. The molecular weight excluding hydrogens is 320 g/mol. The second-order valence-electron chi connectivity index (χ2n) is 5.74. The van der Waals surface area contributed by atoms with E-state index in [1.54, 1.807) is 17.9 Å². The van der Waals surface area contributed by atoms with Crippen LogP contribution >= 0.6 is 0 Å². The Balaban J connectivity index is 1.96. The van der Waals surface area contributed by atoms with Crippen molar-refractivity contribution in [2.24, 2.45) is 0 Å². The van der Waals surface area contributed by atoms with E-state index in [4.69, 9.17) is 4.52 Å². The molecule has 2 aromatic rings. The summed E-state index contributed by atoms with van der Waals surface area (Å²) in [5, 5.41) is 9.42. The number of anilines is 1. The van der Waals surface area contributed by atoms with Gasteiger partial charge < -0.3 is 20.1 Å². The Hall–Kier alpha value is -2.83. The number of carbonyl (C=O) groups excluding carboxylic acids is 2. The van der Waals surface area contributed by atoms with Crippen molar-refractivity contribution in [2.75, 3.05) is 18.4 Å². The lowest BCUT2D eigenvalue weighted by Gasteiger charge is -2.19. The first-order valence-electron chi connectivity index (χ1n) is 8.34. The van der Waals surface area contributed by atoms with Gasteiger partial charge in [0.15, 0.2) is 5.69 Å². The number of urea groups is 1. The molecule has 1 atom stereocenters. The molecule has 0 spiro atoms. The van der Waals surface area contributed by atoms with Gasteiger partial charge in [-0.25, -0.2) is 4.79 Å². The summed E-state index contributed by atoms with van der Waals surface area (Å²) in [4.78, 5) is 25.8. The maximum atomic E-state index is 12.1. The van der Waals surface area contributed by atoms with E-state index in [2.05, 4.69) is 15.8 Å². The van der Waals surface area contributed by atoms with E-state index in [9.17, 15) is 9.59 Å². The van der Waals surface area contributed by atoms with Crippen LogP contribution in [0.1, 0.15) is 48.6 Å². The number of rotatable bonds is 6. The first-order chi connectivity index (χ1) is 11.9. The van der Waals surface area contributed by atoms with Crippen LogP contribution in [0.3, 0.4) is 0 Å². The average Bonchev–Trinajstić information content (AvgIpc) is 3.03. The third kappa shape index (κ3) is 4.82. The molecule has 2 rings (SSSR count). The minimum Gasteiger partial charge on any atom is -0.361 e. The van der Waals surface area contributed by atoms with Crippen molar-refractivity contribution in [1.82, 2.24) is 15.4 Å². The van der Waals surface area contributed by atoms with Gasteiger partial charge in [-0.15, -0.1) is 0 Å². The number of aryl methyl sites for hydroxylation is 1. The van der Waals surface area contributed by atoms with Crippen LogP contribution in [0.25, 0.3) is 0 Å². The number of hydrogen-bond donors (Lipinski definition) is 2. The second kappa shape index (κ2) is 8.32. The zero-order chi connectivity index (χ0) is 18.4. The summed E-state index contributed by atoms with van der Waals surface area (Å²) < 4.78 is 4.91. The number of carbonyl (C=O) groups is 2. The number of hydrogen-bond acceptors (Lipinski definition) is 4. The normalized spacial score (nSPS) is 11.7. The van der Waals surface area contributed by atoms with Crippen LogP contribution in [0.2, 0.25) is 0 Å². The molecule has 1 aromatic carbocycles. The van der Waals surface area contributed by atoms with Crippen molar-refractivity contribution in [3.05, 3.63) is 47.3 Å². The fraction of sp³-hybridized carbons (Fsp3) is 0.389. The minimum atomic E-state index is -0.289. The van der Waals surface area contributed by atoms with E-state index in [0.29, 0.717) is 24.5 Å². The summed E-state index contributed by atoms with van der Waals surface area (Å²) in [6, 6.07) is 8.65. The van der Waals surface area contributed by atoms with E-state index >= 15 is 0 Å². The molecule has 0 aliphatic heterocycles. The first-order valence-corrected chi connectivity index (χ1v) is 8.34. The SMILES string of the molecule is CCN(CC)C(=O)Nc1ccc(C(C)NC(=O)c2cc(C)on2)cc1. The molecule has 134 valence electrons. The molecule has 0 aliphatic carbocycles. The quantitative estimate of drug-likeness (QED) is 0.841. The largest absolute Gasteiger partial charge is 0.361 e. The molecule has 1 heterocycles. The van der Waals surface area contributed by atoms with Gasteiger partial charge in [-0.05, 0) is 45.4 Å². The van der Waals surface area contributed by atoms with Crippen LogP contribution in [0.5, 0.6) is 0 Å². The molecule has 7 heteroatoms. The zero-order valence-electron chi connectivity index (χ0n) is 15.0. The number of amides is 3. The van der Waals surface area contributed by atoms with Gasteiger partial charge in [0.25, 0.3) is 5.91 Å². The summed E-state index contributed by atoms with van der Waals surface area (Å²) in [6.07, 6.45) is 0. The summed E-state index contributed by atoms with van der Waals surface area (Å²) >= 11 is 0. The predicted molar refractivity (Wildman–Crippen MR) is 95.5 cm³/mol. The highest BCUT2D eigenvalue weighted by Crippen LogP contribution is 2.17. The monoisotopic (exact) mass is 344 g/mol. The van der Waals surface area contributed by atoms with Crippen molar-refractivity contribution in [1.29, 1.82) is 0 Å². The molecule has 3 amide bonds. The van der Waals surface area contributed by atoms with Gasteiger partial charge in [0.05, 0.1) is 6.04 Å². The maximum absolute atomic E-state index is 12.1. The fourth-order valence-electron chi connectivity index (χ4n) is 2.40. The number of benzene rings is 1. The molecule has 1 aromatic heterocycles. The minimum absolute atomic E-state index is 0.125. The predicted octanol–water partition coefficient (Wildman–Crippen LogP) is 3.35. The van der Waals surface area contributed by atoms with E-state index in [1.165, 1.54) is 0 Å². The maximum Gasteiger partial charge on any atom is 0.321 e. The van der Waals surface area contributed by atoms with Gasteiger partial charge in [0.1, 0.15) is 5.76 Å². The lowest BCUT2D eigenvalue weighted by atomic mass is 10.1. The topological polar surface area (TPSA) is 87.5 Å². The highest BCUT2D eigenvalue weighted by molar-refractivity contribution is 5.92. The van der Waals surface area contributed by atoms with E-state index < -0.39 is 0 Å². The second-order valence-corrected chi connectivity index (χ2v) is 5.74. The molecule has 0 radical (unpaired) electrons. The standard InChI is InChI=1S/C18H24N4O3/c1-5-22(6-2)18(24)20-15-9-7-14(8-10-15)13(4)19-17(23)16-11-12(3)25-21-16/h7-11,13H,5-6H2,1-4H3,(H,19,23)(H,20,24). The van der Waals surface area contributed by atoms with E-state index in [-0.39, 0.29) is 23.7 Å². The summed E-state index contributed by atoms with van der Waals surface area (Å²) in [7, 11) is 0. The fourth-order valence-corrected chi connectivity index (χ4v) is 2.40. The van der Waals surface area contributed by atoms with E-state index in [1.807, 2.05) is 45.0 Å². The van der Waals surface area contributed by atoms with Crippen LogP contribution in [0.4, 0.5) is 10.5 Å². The Morgan fingerprint density at radius 3 is 2.36 bits per heavy atom. The highest BCUT2D eigenvalue weighted by Gasteiger charge is 2.15. The summed E-state index contributed by atoms with van der Waals surface area (Å²) in [5.41, 5.74) is 1.90. The number of nitrogens with zero attached hydrogens (tertiary/aromatic N) is 2. The van der Waals surface area contributed by atoms with Crippen LogP contribution < -0.4 is 10.6 Å². The van der Waals surface area contributed by atoms with Crippen molar-refractivity contribution in [3.8, 4) is 0 Å². The van der Waals surface area contributed by atoms with Gasteiger partial charge in [-0.1, -0.05) is 17.3 Å². The molecule has 0 fully saturated rings. The molecule has 25 heavy (non-hydrogen) atoms. The molecule has 0 bridgehead atoms. The number of aromatic nitrogens is 1. The van der Waals surface area contributed by atoms with Crippen molar-refractivity contribution >= 4 is 17.6 Å². The van der Waals surface area contributed by atoms with Crippen molar-refractivity contribution in [2.45, 2.75) is 33.7 Å². The molecule has 0 saturated carbocycles. The Morgan fingerprint density at radius 1 is 1.20 bits per heavy atom. The van der Waals surface area contributed by atoms with Gasteiger partial charge in [-0.2, -0.15) is 0 Å².